The van der Waals surface area contributed by atoms with Gasteiger partial charge in [-0.3, -0.25) is 0 Å². The van der Waals surface area contributed by atoms with Crippen LogP contribution in [0.3, 0.4) is 0 Å². The molecule has 0 bridgehead atoms. The van der Waals surface area contributed by atoms with Gasteiger partial charge in [-0.25, -0.2) is 4.79 Å². The standard InChI is InChI=1S/C24H18BrF3N4O3/c1-15-14-22(32(31-15)20-8-4-2-6-18(20)25)34-21-9-5-3-7-19(21)30-23(33)29-16-10-12-17(13-11-16)35-24(26,27)28/h2-14H,1H3,(H2,29,30,33). The Labute approximate surface area is 206 Å². The predicted octanol–water partition coefficient (Wildman–Crippen LogP) is 7.28. The monoisotopic (exact) mass is 546 g/mol. The van der Waals surface area contributed by atoms with Crippen LogP contribution in [0.25, 0.3) is 5.69 Å². The number of nitrogens with one attached hydrogen (secondary N) is 2. The second kappa shape index (κ2) is 10.1. The maximum Gasteiger partial charge on any atom is 0.573 e. The van der Waals surface area contributed by atoms with Crippen molar-refractivity contribution in [2.24, 2.45) is 0 Å². The van der Waals surface area contributed by atoms with E-state index in [1.54, 1.807) is 35.0 Å². The fourth-order valence-electron chi connectivity index (χ4n) is 3.14. The average molecular weight is 547 g/mol. The highest BCUT2D eigenvalue weighted by Crippen LogP contribution is 2.33. The molecular formula is C24H18BrF3N4O3. The summed E-state index contributed by atoms with van der Waals surface area (Å²) >= 11 is 3.51. The Morgan fingerprint density at radius 1 is 0.971 bits per heavy atom. The second-order valence-corrected chi connectivity index (χ2v) is 8.09. The van der Waals surface area contributed by atoms with Crippen LogP contribution in [-0.4, -0.2) is 22.2 Å². The molecule has 1 aromatic heterocycles. The fraction of sp³-hybridized carbons (Fsp3) is 0.0833. The number of halogens is 4. The lowest BCUT2D eigenvalue weighted by atomic mass is 10.3. The molecule has 1 heterocycles. The van der Waals surface area contributed by atoms with Crippen molar-refractivity contribution in [3.8, 4) is 23.1 Å². The molecule has 4 aromatic rings. The fourth-order valence-corrected chi connectivity index (χ4v) is 3.59. The van der Waals surface area contributed by atoms with Crippen LogP contribution in [0.15, 0.2) is 83.3 Å². The molecule has 0 aliphatic heterocycles. The summed E-state index contributed by atoms with van der Waals surface area (Å²) in [6.07, 6.45) is -4.79. The maximum atomic E-state index is 12.5. The molecular weight excluding hydrogens is 529 g/mol. The number of alkyl halides is 3. The van der Waals surface area contributed by atoms with Gasteiger partial charge in [0.2, 0.25) is 5.88 Å². The van der Waals surface area contributed by atoms with Crippen LogP contribution in [0.1, 0.15) is 5.69 Å². The maximum absolute atomic E-state index is 12.5. The molecule has 180 valence electrons. The van der Waals surface area contributed by atoms with Gasteiger partial charge in [-0.2, -0.15) is 9.78 Å². The number of hydrogen-bond acceptors (Lipinski definition) is 4. The van der Waals surface area contributed by atoms with E-state index in [4.69, 9.17) is 4.74 Å². The van der Waals surface area contributed by atoms with Gasteiger partial charge in [0.25, 0.3) is 0 Å². The smallest absolute Gasteiger partial charge is 0.437 e. The third-order valence-corrected chi connectivity index (χ3v) is 5.25. The number of nitrogens with zero attached hydrogens (tertiary/aromatic N) is 2. The molecule has 0 aliphatic rings. The molecule has 4 rings (SSSR count). The number of rotatable bonds is 6. The first-order valence-electron chi connectivity index (χ1n) is 10.2. The molecule has 0 saturated heterocycles. The summed E-state index contributed by atoms with van der Waals surface area (Å²) in [6.45, 7) is 1.84. The Morgan fingerprint density at radius 3 is 2.37 bits per heavy atom. The highest BCUT2D eigenvalue weighted by Gasteiger charge is 2.31. The molecule has 0 saturated carbocycles. The van der Waals surface area contributed by atoms with Crippen molar-refractivity contribution in [2.75, 3.05) is 10.6 Å². The van der Waals surface area contributed by atoms with Gasteiger partial charge in [0, 0.05) is 16.2 Å². The molecule has 35 heavy (non-hydrogen) atoms. The van der Waals surface area contributed by atoms with E-state index >= 15 is 0 Å². The second-order valence-electron chi connectivity index (χ2n) is 7.24. The molecule has 7 nitrogen and oxygen atoms in total. The number of hydrogen-bond donors (Lipinski definition) is 2. The van der Waals surface area contributed by atoms with Gasteiger partial charge in [-0.15, -0.1) is 13.2 Å². The first-order valence-corrected chi connectivity index (χ1v) is 11.0. The van der Waals surface area contributed by atoms with Gasteiger partial charge in [0.1, 0.15) is 5.75 Å². The van der Waals surface area contributed by atoms with E-state index in [0.717, 1.165) is 28.0 Å². The van der Waals surface area contributed by atoms with Crippen LogP contribution in [-0.2, 0) is 0 Å². The minimum atomic E-state index is -4.79. The molecule has 0 fully saturated rings. The number of aromatic nitrogens is 2. The zero-order valence-corrected chi connectivity index (χ0v) is 19.7. The molecule has 0 radical (unpaired) electrons. The molecule has 2 amide bonds. The summed E-state index contributed by atoms with van der Waals surface area (Å²) in [5.74, 6) is 0.410. The summed E-state index contributed by atoms with van der Waals surface area (Å²) in [5.41, 5.74) is 2.16. The zero-order valence-electron chi connectivity index (χ0n) is 18.1. The molecule has 3 aromatic carbocycles. The third kappa shape index (κ3) is 6.33. The lowest BCUT2D eigenvalue weighted by molar-refractivity contribution is -0.274. The number of ether oxygens (including phenoxy) is 2. The first-order chi connectivity index (χ1) is 16.7. The zero-order chi connectivity index (χ0) is 25.0. The molecule has 0 unspecified atom stereocenters. The normalized spacial score (nSPS) is 11.1. The van der Waals surface area contributed by atoms with Gasteiger partial charge in [0.15, 0.2) is 5.75 Å². The summed E-state index contributed by atoms with van der Waals surface area (Å²) in [7, 11) is 0. The highest BCUT2D eigenvalue weighted by molar-refractivity contribution is 9.10. The Balaban J connectivity index is 1.49. The number of para-hydroxylation sites is 3. The highest BCUT2D eigenvalue weighted by atomic mass is 79.9. The summed E-state index contributed by atoms with van der Waals surface area (Å²) in [5, 5.41) is 9.73. The lowest BCUT2D eigenvalue weighted by Gasteiger charge is -2.14. The van der Waals surface area contributed by atoms with E-state index in [2.05, 4.69) is 36.4 Å². The molecule has 2 N–H and O–H groups in total. The number of amides is 2. The van der Waals surface area contributed by atoms with E-state index in [0.29, 0.717) is 17.3 Å². The van der Waals surface area contributed by atoms with Crippen molar-refractivity contribution >= 4 is 33.3 Å². The predicted molar refractivity (Wildman–Crippen MR) is 128 cm³/mol. The van der Waals surface area contributed by atoms with Gasteiger partial charge in [-0.05, 0) is 71.4 Å². The van der Waals surface area contributed by atoms with Crippen molar-refractivity contribution < 1.29 is 27.4 Å². The number of carbonyl (C=O) groups excluding carboxylic acids is 1. The Morgan fingerprint density at radius 2 is 1.66 bits per heavy atom. The van der Waals surface area contributed by atoms with E-state index in [-0.39, 0.29) is 11.4 Å². The molecule has 0 aliphatic carbocycles. The Kier molecular flexibility index (Phi) is 6.97. The number of aryl methyl sites for hydroxylation is 1. The van der Waals surface area contributed by atoms with Crippen molar-refractivity contribution in [2.45, 2.75) is 13.3 Å². The summed E-state index contributed by atoms with van der Waals surface area (Å²) in [6, 6.07) is 20.3. The first kappa shape index (κ1) is 24.1. The minimum absolute atomic E-state index is 0.276. The SMILES string of the molecule is Cc1cc(Oc2ccccc2NC(=O)Nc2ccc(OC(F)(F)F)cc2)n(-c2ccccc2Br)n1. The van der Waals surface area contributed by atoms with Crippen LogP contribution in [0.4, 0.5) is 29.3 Å². The lowest BCUT2D eigenvalue weighted by Crippen LogP contribution is -2.20. The van der Waals surface area contributed by atoms with Crippen molar-refractivity contribution in [3.63, 3.8) is 0 Å². The van der Waals surface area contributed by atoms with Crippen LogP contribution in [0, 0.1) is 6.92 Å². The van der Waals surface area contributed by atoms with Gasteiger partial charge in [-0.1, -0.05) is 24.3 Å². The van der Waals surface area contributed by atoms with E-state index in [1.807, 2.05) is 31.2 Å². The Bertz CT molecular complexity index is 1340. The number of benzene rings is 3. The third-order valence-electron chi connectivity index (χ3n) is 4.58. The van der Waals surface area contributed by atoms with Gasteiger partial charge in [0.05, 0.1) is 17.1 Å². The van der Waals surface area contributed by atoms with Gasteiger partial charge < -0.3 is 20.1 Å². The average Bonchev–Trinajstić information content (AvgIpc) is 3.15. The van der Waals surface area contributed by atoms with E-state index in [9.17, 15) is 18.0 Å². The van der Waals surface area contributed by atoms with Crippen LogP contribution in [0.5, 0.6) is 17.4 Å². The quantitative estimate of drug-likeness (QED) is 0.266. The van der Waals surface area contributed by atoms with Crippen molar-refractivity contribution in [3.05, 3.63) is 89.0 Å². The topological polar surface area (TPSA) is 77.4 Å². The number of carbonyl (C=O) groups is 1. The minimum Gasteiger partial charge on any atom is -0.437 e. The largest absolute Gasteiger partial charge is 0.573 e. The summed E-state index contributed by atoms with van der Waals surface area (Å²) < 4.78 is 49.3. The van der Waals surface area contributed by atoms with E-state index < -0.39 is 12.4 Å². The van der Waals surface area contributed by atoms with Crippen molar-refractivity contribution in [1.82, 2.24) is 9.78 Å². The van der Waals surface area contributed by atoms with Crippen molar-refractivity contribution in [1.29, 1.82) is 0 Å². The molecule has 11 heteroatoms. The number of anilines is 2. The van der Waals surface area contributed by atoms with Crippen LogP contribution in [0.2, 0.25) is 0 Å². The Hall–Kier alpha value is -3.99. The van der Waals surface area contributed by atoms with Crippen LogP contribution < -0.4 is 20.1 Å². The van der Waals surface area contributed by atoms with E-state index in [1.165, 1.54) is 12.1 Å². The summed E-state index contributed by atoms with van der Waals surface area (Å²) in [4.78, 5) is 12.5. The number of urea groups is 1. The molecule has 0 atom stereocenters. The van der Waals surface area contributed by atoms with Crippen LogP contribution >= 0.6 is 15.9 Å². The van der Waals surface area contributed by atoms with Gasteiger partial charge >= 0.3 is 12.4 Å². The molecule has 0 spiro atoms.